The number of rotatable bonds is 27. The summed E-state index contributed by atoms with van der Waals surface area (Å²) in [5.74, 6) is 1.10. The van der Waals surface area contributed by atoms with E-state index in [-0.39, 0.29) is 28.1 Å². The predicted molar refractivity (Wildman–Crippen MR) is 345 cm³/mol. The van der Waals surface area contributed by atoms with E-state index in [1.54, 1.807) is 62.6 Å². The minimum atomic E-state index is -4.04. The molecule has 7 N–H and O–H groups in total. The van der Waals surface area contributed by atoms with Gasteiger partial charge in [0.1, 0.15) is 48.9 Å². The van der Waals surface area contributed by atoms with Crippen LogP contribution in [0.2, 0.25) is 0 Å². The van der Waals surface area contributed by atoms with E-state index in [1.165, 1.54) is 54.2 Å². The van der Waals surface area contributed by atoms with Crippen molar-refractivity contribution in [2.75, 3.05) is 69.6 Å². The van der Waals surface area contributed by atoms with Crippen molar-refractivity contribution < 1.29 is 61.4 Å². The van der Waals surface area contributed by atoms with Gasteiger partial charge in [0.05, 0.1) is 43.6 Å². The Hall–Kier alpha value is -8.61. The summed E-state index contributed by atoms with van der Waals surface area (Å²) in [6, 6.07) is 45.1. The summed E-state index contributed by atoms with van der Waals surface area (Å²) in [6.07, 6.45) is 7.40. The van der Waals surface area contributed by atoms with Crippen LogP contribution in [-0.4, -0.2) is 95.7 Å². The number of nitrogens with one attached hydrogen (secondary N) is 3. The molecule has 458 valence electrons. The van der Waals surface area contributed by atoms with Gasteiger partial charge in [-0.05, 0) is 104 Å². The van der Waals surface area contributed by atoms with Crippen molar-refractivity contribution in [1.29, 1.82) is 0 Å². The lowest BCUT2D eigenvalue weighted by Crippen LogP contribution is -2.12. The number of thiophene rings is 3. The summed E-state index contributed by atoms with van der Waals surface area (Å²) in [6.45, 7) is 8.32. The monoisotopic (exact) mass is 1250 g/mol. The van der Waals surface area contributed by atoms with Crippen LogP contribution < -0.4 is 40.6 Å². The van der Waals surface area contributed by atoms with Gasteiger partial charge < -0.3 is 65.2 Å². The number of para-hydroxylation sites is 4. The third-order valence-corrected chi connectivity index (χ3v) is 15.7. The van der Waals surface area contributed by atoms with Gasteiger partial charge >= 0.3 is 17.9 Å². The molecule has 3 heterocycles. The Bertz CT molecular complexity index is 3470. The maximum absolute atomic E-state index is 12.9. The molecule has 0 radical (unpaired) electrons. The minimum Gasteiger partial charge on any atom is -0.477 e. The fourth-order valence-electron chi connectivity index (χ4n) is 7.11. The number of aliphatic hydroxyl groups excluding tert-OH is 1. The first-order valence-electron chi connectivity index (χ1n) is 27.5. The maximum Gasteiger partial charge on any atom is 0.348 e. The Morgan fingerprint density at radius 3 is 1.35 bits per heavy atom. The van der Waals surface area contributed by atoms with Crippen molar-refractivity contribution >= 4 is 91.0 Å². The normalized spacial score (nSPS) is 10.6. The Kier molecular flexibility index (Phi) is 28.8. The van der Waals surface area contributed by atoms with E-state index in [2.05, 4.69) is 45.9 Å². The topological polar surface area (TPSA) is 259 Å². The number of hydrogen-bond donors (Lipinski definition) is 6. The second-order valence-electron chi connectivity index (χ2n) is 18.6. The van der Waals surface area contributed by atoms with Crippen LogP contribution >= 0.6 is 34.0 Å². The summed E-state index contributed by atoms with van der Waals surface area (Å²) >= 11 is 3.59. The first-order chi connectivity index (χ1) is 41.5. The molecule has 0 spiro atoms. The average Bonchev–Trinajstić information content (AvgIpc) is 1.47. The first kappa shape index (κ1) is 68.2. The third-order valence-electron chi connectivity index (χ3n) is 11.5. The number of unbranched alkanes of at least 4 members (excludes halogenated alkanes) is 3. The number of sulfonamides is 1. The van der Waals surface area contributed by atoms with Crippen molar-refractivity contribution in [2.45, 2.75) is 70.8 Å². The molecule has 86 heavy (non-hydrogen) atoms. The van der Waals surface area contributed by atoms with Gasteiger partial charge in [-0.1, -0.05) is 147 Å². The van der Waals surface area contributed by atoms with E-state index in [0.29, 0.717) is 65.7 Å². The standard InChI is InChI=1S/C20H27N3O4S.C16H19NO3S.C15H17NO3S.C12H11NO3S/c1-4-5-11-21-18-12-16(14-24)13-19(28(25,26)22-15-23(2)3)20(18)27-17-9-7-6-8-10-17;1-3-4-10-17-13-11-14(15(18)19-2)21-16(13)20-12-8-6-5-7-9-12;1-2-3-9-16-12-10-13(14(17)18)20-15(12)19-11-7-5-4-6-8-11;1-15-11(14)10-7-9(13)12(17-10)16-8-5-3-2-4-6-8/h6-10,12-13,15,21,24H,4-5,11,14H2,1-3H3;5-9,11,17H,3-4,10H2,1-2H3;4-8,10,16H,2-3,9H2,1H3,(H,17,18);2-7H,13H2,1H3. The van der Waals surface area contributed by atoms with Gasteiger partial charge in [-0.3, -0.25) is 0 Å². The minimum absolute atomic E-state index is 0.0972. The molecule has 0 aliphatic rings. The highest BCUT2D eigenvalue weighted by Crippen LogP contribution is 2.42. The van der Waals surface area contributed by atoms with Gasteiger partial charge in [0, 0.05) is 33.7 Å². The van der Waals surface area contributed by atoms with Crippen molar-refractivity contribution in [1.82, 2.24) is 4.90 Å². The smallest absolute Gasteiger partial charge is 0.348 e. The van der Waals surface area contributed by atoms with E-state index < -0.39 is 22.0 Å². The lowest BCUT2D eigenvalue weighted by atomic mass is 10.2. The number of aromatic carboxylic acids is 1. The van der Waals surface area contributed by atoms with E-state index in [0.717, 1.165) is 80.1 Å². The molecule has 8 aromatic rings. The molecule has 0 saturated carbocycles. The number of benzene rings is 5. The molecule has 3 aromatic heterocycles. The summed E-state index contributed by atoms with van der Waals surface area (Å²) in [7, 11) is 2.03. The van der Waals surface area contributed by atoms with Crippen LogP contribution in [0.5, 0.6) is 43.9 Å². The summed E-state index contributed by atoms with van der Waals surface area (Å²) < 4.78 is 62.0. The zero-order valence-corrected chi connectivity index (χ0v) is 52.3. The molecule has 0 atom stereocenters. The molecule has 0 bridgehead atoms. The zero-order valence-electron chi connectivity index (χ0n) is 49.1. The average molecular weight is 1250 g/mol. The second kappa shape index (κ2) is 36.3. The fraction of sp³-hybridized carbons (Fsp3) is 0.270. The number of carbonyl (C=O) groups excluding carboxylic acids is 2. The number of ether oxygens (including phenoxy) is 6. The largest absolute Gasteiger partial charge is 0.477 e. The van der Waals surface area contributed by atoms with E-state index >= 15 is 0 Å². The van der Waals surface area contributed by atoms with Crippen LogP contribution in [0.1, 0.15) is 93.9 Å². The number of carboxylic acid groups (broad SMARTS) is 1. The lowest BCUT2D eigenvalue weighted by Gasteiger charge is -2.17. The third kappa shape index (κ3) is 22.4. The number of carbonyl (C=O) groups is 3. The van der Waals surface area contributed by atoms with Crippen LogP contribution in [0, 0.1) is 0 Å². The number of anilines is 4. The van der Waals surface area contributed by atoms with Crippen LogP contribution in [0.25, 0.3) is 0 Å². The van der Waals surface area contributed by atoms with Crippen molar-refractivity contribution in [3.05, 3.63) is 172 Å². The molecule has 0 amide bonds. The van der Waals surface area contributed by atoms with E-state index in [9.17, 15) is 27.9 Å². The van der Waals surface area contributed by atoms with Crippen LogP contribution in [0.3, 0.4) is 0 Å². The molecular weight excluding hydrogens is 1180 g/mol. The first-order valence-corrected chi connectivity index (χ1v) is 31.4. The molecule has 5 aromatic carbocycles. The highest BCUT2D eigenvalue weighted by atomic mass is 32.2. The predicted octanol–water partition coefficient (Wildman–Crippen LogP) is 15.4. The summed E-state index contributed by atoms with van der Waals surface area (Å²) in [5, 5.41) is 30.2. The quantitative estimate of drug-likeness (QED) is 0.0121. The zero-order chi connectivity index (χ0) is 62.3. The number of hydrogen-bond acceptors (Lipinski definition) is 19. The van der Waals surface area contributed by atoms with Gasteiger partial charge in [0.25, 0.3) is 10.0 Å². The molecule has 8 rings (SSSR count). The Labute approximate surface area is 515 Å². The van der Waals surface area contributed by atoms with Gasteiger partial charge in [-0.25, -0.2) is 14.4 Å². The number of nitrogens with two attached hydrogens (primary N) is 1. The number of esters is 2. The molecular formula is C63H74N6O13S4. The maximum atomic E-state index is 12.9. The number of nitrogen functional groups attached to an aromatic ring is 1. The Morgan fingerprint density at radius 2 is 0.942 bits per heavy atom. The van der Waals surface area contributed by atoms with Crippen molar-refractivity contribution in [3.8, 4) is 43.9 Å². The molecule has 19 nitrogen and oxygen atoms in total. The van der Waals surface area contributed by atoms with Gasteiger partial charge in [-0.15, -0.1) is 4.40 Å². The second-order valence-corrected chi connectivity index (χ2v) is 23.2. The summed E-state index contributed by atoms with van der Waals surface area (Å²) in [5.41, 5.74) is 8.72. The highest BCUT2D eigenvalue weighted by Gasteiger charge is 2.25. The van der Waals surface area contributed by atoms with Gasteiger partial charge in [-0.2, -0.15) is 8.42 Å². The Balaban J connectivity index is 0.000000213. The fourth-order valence-corrected chi connectivity index (χ4v) is 10.9. The number of carboxylic acids is 1. The van der Waals surface area contributed by atoms with E-state index in [1.807, 2.05) is 97.1 Å². The van der Waals surface area contributed by atoms with Crippen LogP contribution in [0.15, 0.2) is 161 Å². The molecule has 0 unspecified atom stereocenters. The van der Waals surface area contributed by atoms with Crippen LogP contribution in [0.4, 0.5) is 22.7 Å². The molecule has 23 heteroatoms. The molecule has 0 aliphatic carbocycles. The van der Waals surface area contributed by atoms with Gasteiger partial charge in [0.15, 0.2) is 5.75 Å². The van der Waals surface area contributed by atoms with Crippen LogP contribution in [-0.2, 0) is 26.1 Å². The van der Waals surface area contributed by atoms with Crippen molar-refractivity contribution in [3.63, 3.8) is 0 Å². The van der Waals surface area contributed by atoms with E-state index in [4.69, 9.17) is 34.5 Å². The van der Waals surface area contributed by atoms with Crippen molar-refractivity contribution in [2.24, 2.45) is 4.40 Å². The number of nitrogens with zero attached hydrogens (tertiary/aromatic N) is 2. The SMILES string of the molecule is CCCCNc1cc(C(=O)O)sc1Oc1ccccc1.CCCCNc1cc(C(=O)OC)sc1Oc1ccccc1.CCCCNc1cc(CO)cc(S(=O)(=O)N=CN(C)C)c1Oc1ccccc1.COC(=O)c1cc(N)c(Oc2ccccc2)s1. The number of methoxy groups -OCH3 is 2. The summed E-state index contributed by atoms with van der Waals surface area (Å²) in [4.78, 5) is 36.7. The highest BCUT2D eigenvalue weighted by molar-refractivity contribution is 7.90. The lowest BCUT2D eigenvalue weighted by molar-refractivity contribution is 0.0597. The molecule has 0 aliphatic heterocycles. The number of aliphatic hydroxyl groups is 1. The van der Waals surface area contributed by atoms with Gasteiger partial charge in [0.2, 0.25) is 15.2 Å². The molecule has 0 fully saturated rings. The molecule has 0 saturated heterocycles. The Morgan fingerprint density at radius 1 is 0.558 bits per heavy atom.